The predicted molar refractivity (Wildman–Crippen MR) is 97.8 cm³/mol. The average Bonchev–Trinajstić information content (AvgIpc) is 3.00. The van der Waals surface area contributed by atoms with Crippen molar-refractivity contribution in [2.24, 2.45) is 9.98 Å². The molecule has 0 fully saturated rings. The molecule has 0 aliphatic carbocycles. The van der Waals surface area contributed by atoms with Gasteiger partial charge in [0.1, 0.15) is 12.4 Å². The van der Waals surface area contributed by atoms with Crippen molar-refractivity contribution in [3.8, 4) is 6.07 Å². The van der Waals surface area contributed by atoms with Crippen LogP contribution in [0, 0.1) is 11.3 Å². The fraction of sp³-hybridized carbons (Fsp3) is 0.118. The highest BCUT2D eigenvalue weighted by Crippen LogP contribution is 2.22. The molecule has 0 saturated carbocycles. The van der Waals surface area contributed by atoms with Gasteiger partial charge in [-0.25, -0.2) is 4.99 Å². The van der Waals surface area contributed by atoms with Crippen molar-refractivity contribution in [2.75, 3.05) is 11.9 Å². The smallest absolute Gasteiger partial charge is 0.201 e. The van der Waals surface area contributed by atoms with E-state index in [4.69, 9.17) is 28.5 Å². The zero-order valence-electron chi connectivity index (χ0n) is 12.6. The second kappa shape index (κ2) is 7.35. The highest BCUT2D eigenvalue weighted by molar-refractivity contribution is 6.35. The summed E-state index contributed by atoms with van der Waals surface area (Å²) in [5, 5.41) is 16.1. The minimum absolute atomic E-state index is 0.479. The van der Waals surface area contributed by atoms with Gasteiger partial charge in [0, 0.05) is 15.7 Å². The van der Waals surface area contributed by atoms with E-state index in [2.05, 4.69) is 26.7 Å². The lowest BCUT2D eigenvalue weighted by molar-refractivity contribution is 1.04. The van der Waals surface area contributed by atoms with Crippen LogP contribution in [-0.4, -0.2) is 18.3 Å². The maximum absolute atomic E-state index is 8.79. The lowest BCUT2D eigenvalue weighted by Crippen LogP contribution is -2.30. The van der Waals surface area contributed by atoms with Gasteiger partial charge in [-0.05, 0) is 35.9 Å². The number of hydrogen-bond acceptors (Lipinski definition) is 4. The SMILES string of the molecule is N#Cc1ccc(CN=C2CN=C(Nc3cc(Cl)cc(Cl)c3)N2)cc1. The molecular formula is C17H13Cl2N5. The van der Waals surface area contributed by atoms with E-state index in [0.717, 1.165) is 17.1 Å². The number of hydrogen-bond donors (Lipinski definition) is 2. The molecule has 0 radical (unpaired) electrons. The fourth-order valence-corrected chi connectivity index (χ4v) is 2.69. The van der Waals surface area contributed by atoms with Crippen LogP contribution in [0.2, 0.25) is 10.0 Å². The summed E-state index contributed by atoms with van der Waals surface area (Å²) in [5.74, 6) is 1.38. The first-order valence-electron chi connectivity index (χ1n) is 7.19. The second-order valence-corrected chi connectivity index (χ2v) is 6.02. The summed E-state index contributed by atoms with van der Waals surface area (Å²) in [6, 6.07) is 14.7. The van der Waals surface area contributed by atoms with Crippen LogP contribution in [0.4, 0.5) is 5.69 Å². The van der Waals surface area contributed by atoms with Crippen molar-refractivity contribution < 1.29 is 0 Å². The summed E-state index contributed by atoms with van der Waals surface area (Å²) >= 11 is 11.9. The quantitative estimate of drug-likeness (QED) is 0.876. The number of halogens is 2. The van der Waals surface area contributed by atoms with Gasteiger partial charge in [0.2, 0.25) is 5.96 Å². The molecular weight excluding hydrogens is 345 g/mol. The molecule has 0 saturated heterocycles. The minimum atomic E-state index is 0.479. The first-order chi connectivity index (χ1) is 11.6. The molecule has 0 bridgehead atoms. The van der Waals surface area contributed by atoms with E-state index in [1.54, 1.807) is 30.3 Å². The Morgan fingerprint density at radius 3 is 2.54 bits per heavy atom. The molecule has 2 N–H and O–H groups in total. The molecule has 1 aliphatic heterocycles. The lowest BCUT2D eigenvalue weighted by atomic mass is 10.1. The summed E-state index contributed by atoms with van der Waals surface area (Å²) in [6.45, 7) is 1.01. The number of rotatable bonds is 3. The Labute approximate surface area is 149 Å². The molecule has 2 aromatic rings. The number of nitrogens with one attached hydrogen (secondary N) is 2. The second-order valence-electron chi connectivity index (χ2n) is 5.14. The molecule has 5 nitrogen and oxygen atoms in total. The summed E-state index contributed by atoms with van der Waals surface area (Å²) in [6.07, 6.45) is 0. The van der Waals surface area contributed by atoms with Crippen LogP contribution in [0.3, 0.4) is 0 Å². The molecule has 0 amide bonds. The Morgan fingerprint density at radius 1 is 1.17 bits per heavy atom. The zero-order chi connectivity index (χ0) is 16.9. The molecule has 2 aromatic carbocycles. The molecule has 24 heavy (non-hydrogen) atoms. The first kappa shape index (κ1) is 16.3. The van der Waals surface area contributed by atoms with Crippen LogP contribution in [0.25, 0.3) is 0 Å². The van der Waals surface area contributed by atoms with Gasteiger partial charge < -0.3 is 10.6 Å². The number of nitrogens with zero attached hydrogens (tertiary/aromatic N) is 3. The molecule has 3 rings (SSSR count). The molecule has 0 atom stereocenters. The van der Waals surface area contributed by atoms with Gasteiger partial charge in [0.05, 0.1) is 18.2 Å². The topological polar surface area (TPSA) is 72.6 Å². The molecule has 0 spiro atoms. The summed E-state index contributed by atoms with van der Waals surface area (Å²) in [4.78, 5) is 8.84. The molecule has 0 aromatic heterocycles. The molecule has 7 heteroatoms. The number of nitriles is 1. The number of benzene rings is 2. The van der Waals surface area contributed by atoms with Gasteiger partial charge in [-0.3, -0.25) is 4.99 Å². The van der Waals surface area contributed by atoms with E-state index in [0.29, 0.717) is 34.7 Å². The van der Waals surface area contributed by atoms with Crippen LogP contribution >= 0.6 is 23.2 Å². The highest BCUT2D eigenvalue weighted by Gasteiger charge is 2.12. The third kappa shape index (κ3) is 4.25. The summed E-state index contributed by atoms with van der Waals surface area (Å²) in [7, 11) is 0. The molecule has 0 unspecified atom stereocenters. The normalized spacial score (nSPS) is 14.9. The van der Waals surface area contributed by atoms with Crippen LogP contribution in [0.5, 0.6) is 0 Å². The van der Waals surface area contributed by atoms with Gasteiger partial charge in [0.25, 0.3) is 0 Å². The Morgan fingerprint density at radius 2 is 1.88 bits per heavy atom. The molecule has 1 heterocycles. The van der Waals surface area contributed by atoms with Crippen molar-refractivity contribution in [1.82, 2.24) is 5.32 Å². The van der Waals surface area contributed by atoms with E-state index in [9.17, 15) is 0 Å². The van der Waals surface area contributed by atoms with E-state index >= 15 is 0 Å². The zero-order valence-corrected chi connectivity index (χ0v) is 14.1. The van der Waals surface area contributed by atoms with E-state index in [1.165, 1.54) is 0 Å². The van der Waals surface area contributed by atoms with Gasteiger partial charge in [-0.15, -0.1) is 0 Å². The van der Waals surface area contributed by atoms with Crippen molar-refractivity contribution >= 4 is 40.7 Å². The lowest BCUT2D eigenvalue weighted by Gasteiger charge is -2.07. The van der Waals surface area contributed by atoms with Gasteiger partial charge in [-0.2, -0.15) is 5.26 Å². The van der Waals surface area contributed by atoms with Crippen LogP contribution < -0.4 is 10.6 Å². The van der Waals surface area contributed by atoms with Crippen molar-refractivity contribution in [1.29, 1.82) is 5.26 Å². The van der Waals surface area contributed by atoms with Crippen molar-refractivity contribution in [3.05, 3.63) is 63.6 Å². The minimum Gasteiger partial charge on any atom is -0.326 e. The van der Waals surface area contributed by atoms with Crippen molar-refractivity contribution in [2.45, 2.75) is 6.54 Å². The van der Waals surface area contributed by atoms with Crippen LogP contribution in [-0.2, 0) is 6.54 Å². The standard InChI is InChI=1S/C17H13Cl2N5/c18-13-5-14(19)7-15(6-13)23-17-22-10-16(24-17)21-9-12-3-1-11(8-20)2-4-12/h1-7H,9-10H2,(H2,21,22,23,24). The number of guanidine groups is 1. The number of aliphatic imine (C=N–C) groups is 2. The van der Waals surface area contributed by atoms with Crippen molar-refractivity contribution in [3.63, 3.8) is 0 Å². The Hall–Kier alpha value is -2.55. The molecule has 1 aliphatic rings. The maximum Gasteiger partial charge on any atom is 0.201 e. The van der Waals surface area contributed by atoms with Crippen LogP contribution in [0.1, 0.15) is 11.1 Å². The summed E-state index contributed by atoms with van der Waals surface area (Å²) < 4.78 is 0. The summed E-state index contributed by atoms with van der Waals surface area (Å²) in [5.41, 5.74) is 2.43. The number of anilines is 1. The Kier molecular flexibility index (Phi) is 4.99. The van der Waals surface area contributed by atoms with Gasteiger partial charge in [-0.1, -0.05) is 35.3 Å². The van der Waals surface area contributed by atoms with Gasteiger partial charge >= 0.3 is 0 Å². The maximum atomic E-state index is 8.79. The van der Waals surface area contributed by atoms with E-state index < -0.39 is 0 Å². The van der Waals surface area contributed by atoms with E-state index in [1.807, 2.05) is 12.1 Å². The monoisotopic (exact) mass is 357 g/mol. The average molecular weight is 358 g/mol. The van der Waals surface area contributed by atoms with E-state index in [-0.39, 0.29) is 0 Å². The molecule has 120 valence electrons. The third-order valence-corrected chi connectivity index (χ3v) is 3.75. The van der Waals surface area contributed by atoms with Gasteiger partial charge in [0.15, 0.2) is 0 Å². The fourth-order valence-electron chi connectivity index (χ4n) is 2.16. The first-order valence-corrected chi connectivity index (χ1v) is 7.95. The number of amidine groups is 1. The highest BCUT2D eigenvalue weighted by atomic mass is 35.5. The largest absolute Gasteiger partial charge is 0.326 e. The predicted octanol–water partition coefficient (Wildman–Crippen LogP) is 3.83. The Balaban J connectivity index is 1.58. The Bertz CT molecular complexity index is 830. The third-order valence-electron chi connectivity index (χ3n) is 3.31. The van der Waals surface area contributed by atoms with Crippen LogP contribution in [0.15, 0.2) is 52.4 Å².